The van der Waals surface area contributed by atoms with Crippen LogP contribution in [-0.2, 0) is 0 Å². The number of nitrogen functional groups attached to an aromatic ring is 1. The average molecular weight is 304 g/mol. The molecule has 1 atom stereocenters. The second-order valence-corrected chi connectivity index (χ2v) is 5.66. The van der Waals surface area contributed by atoms with Crippen molar-refractivity contribution >= 4 is 34.8 Å². The van der Waals surface area contributed by atoms with Crippen LogP contribution < -0.4 is 16.6 Å². The van der Waals surface area contributed by atoms with Gasteiger partial charge in [0.15, 0.2) is 5.82 Å². The minimum atomic E-state index is 0.259. The molecule has 1 saturated heterocycles. The number of hydrogen-bond donors (Lipinski definition) is 3. The van der Waals surface area contributed by atoms with Gasteiger partial charge in [0, 0.05) is 12.6 Å². The Morgan fingerprint density at radius 2 is 1.95 bits per heavy atom. The lowest BCUT2D eigenvalue weighted by atomic mass is 10.3. The molecule has 1 unspecified atom stereocenters. The second-order valence-electron chi connectivity index (χ2n) is 4.85. The molecule has 2 heterocycles. The normalized spacial score (nSPS) is 17.5. The highest BCUT2D eigenvalue weighted by Gasteiger charge is 2.16. The molecule has 0 spiro atoms. The number of nitrogens with zero attached hydrogens (tertiary/aromatic N) is 2. The smallest absolute Gasteiger partial charge is 0.161 e. The Kier molecular flexibility index (Phi) is 5.10. The molecule has 106 valence electrons. The molecule has 19 heavy (non-hydrogen) atoms. The third-order valence-corrected chi connectivity index (χ3v) is 3.76. The number of aromatic nitrogens is 1. The van der Waals surface area contributed by atoms with Gasteiger partial charge in [-0.2, -0.15) is 0 Å². The molecule has 2 rings (SSSR count). The average Bonchev–Trinajstić information content (AvgIpc) is 2.85. The molecule has 0 saturated carbocycles. The number of hydrazine groups is 1. The lowest BCUT2D eigenvalue weighted by Crippen LogP contribution is -2.33. The zero-order chi connectivity index (χ0) is 13.8. The highest BCUT2D eigenvalue weighted by molar-refractivity contribution is 6.37. The summed E-state index contributed by atoms with van der Waals surface area (Å²) in [6, 6.07) is 1.89. The highest BCUT2D eigenvalue weighted by Crippen LogP contribution is 2.29. The van der Waals surface area contributed by atoms with E-state index in [2.05, 4.69) is 27.6 Å². The number of nitrogens with one attached hydrogen (secondary N) is 2. The van der Waals surface area contributed by atoms with Crippen molar-refractivity contribution in [1.82, 2.24) is 9.88 Å². The van der Waals surface area contributed by atoms with E-state index in [0.29, 0.717) is 21.7 Å². The molecule has 0 aromatic carbocycles. The van der Waals surface area contributed by atoms with Crippen molar-refractivity contribution in [3.05, 3.63) is 16.1 Å². The number of rotatable bonds is 5. The van der Waals surface area contributed by atoms with Crippen molar-refractivity contribution in [3.63, 3.8) is 0 Å². The molecule has 1 aliphatic heterocycles. The number of nitrogens with two attached hydrogens (primary N) is 1. The predicted molar refractivity (Wildman–Crippen MR) is 80.8 cm³/mol. The molecule has 1 aromatic rings. The maximum Gasteiger partial charge on any atom is 0.161 e. The molecule has 1 aliphatic rings. The van der Waals surface area contributed by atoms with Crippen molar-refractivity contribution in [1.29, 1.82) is 0 Å². The van der Waals surface area contributed by atoms with E-state index in [1.807, 2.05) is 0 Å². The van der Waals surface area contributed by atoms with Crippen molar-refractivity contribution in [2.24, 2.45) is 5.84 Å². The molecule has 5 nitrogen and oxygen atoms in total. The first-order valence-electron chi connectivity index (χ1n) is 6.41. The van der Waals surface area contributed by atoms with Gasteiger partial charge in [-0.3, -0.25) is 0 Å². The van der Waals surface area contributed by atoms with Crippen LogP contribution in [0.4, 0.5) is 11.6 Å². The second kappa shape index (κ2) is 6.61. The van der Waals surface area contributed by atoms with E-state index in [1.54, 1.807) is 6.07 Å². The van der Waals surface area contributed by atoms with Gasteiger partial charge in [0.1, 0.15) is 5.82 Å². The Morgan fingerprint density at radius 3 is 2.58 bits per heavy atom. The van der Waals surface area contributed by atoms with Crippen LogP contribution in [0.15, 0.2) is 6.07 Å². The summed E-state index contributed by atoms with van der Waals surface area (Å²) in [5.74, 6) is 6.38. The summed E-state index contributed by atoms with van der Waals surface area (Å²) in [7, 11) is 0. The minimum Gasteiger partial charge on any atom is -0.365 e. The van der Waals surface area contributed by atoms with Crippen LogP contribution in [-0.4, -0.2) is 35.6 Å². The maximum atomic E-state index is 6.13. The van der Waals surface area contributed by atoms with Crippen LogP contribution in [0.25, 0.3) is 0 Å². The number of likely N-dealkylation sites (tertiary alicyclic amines) is 1. The van der Waals surface area contributed by atoms with E-state index in [9.17, 15) is 0 Å². The molecular weight excluding hydrogens is 285 g/mol. The van der Waals surface area contributed by atoms with Gasteiger partial charge in [-0.1, -0.05) is 23.2 Å². The summed E-state index contributed by atoms with van der Waals surface area (Å²) in [6.07, 6.45) is 2.57. The van der Waals surface area contributed by atoms with E-state index < -0.39 is 0 Å². The van der Waals surface area contributed by atoms with Crippen LogP contribution in [0.5, 0.6) is 0 Å². The zero-order valence-electron chi connectivity index (χ0n) is 10.9. The molecule has 0 radical (unpaired) electrons. The van der Waals surface area contributed by atoms with Crippen LogP contribution in [0.2, 0.25) is 10.0 Å². The van der Waals surface area contributed by atoms with Crippen LogP contribution in [0, 0.1) is 0 Å². The van der Waals surface area contributed by atoms with Gasteiger partial charge in [0.2, 0.25) is 0 Å². The lowest BCUT2D eigenvalue weighted by molar-refractivity contribution is 0.327. The first-order chi connectivity index (χ1) is 9.10. The van der Waals surface area contributed by atoms with Crippen molar-refractivity contribution in [2.45, 2.75) is 25.8 Å². The van der Waals surface area contributed by atoms with E-state index in [4.69, 9.17) is 29.0 Å². The Hall–Kier alpha value is -0.750. The molecule has 1 fully saturated rings. The van der Waals surface area contributed by atoms with Gasteiger partial charge in [0.05, 0.1) is 10.0 Å². The summed E-state index contributed by atoms with van der Waals surface area (Å²) >= 11 is 12.1. The van der Waals surface area contributed by atoms with Crippen LogP contribution >= 0.6 is 23.2 Å². The monoisotopic (exact) mass is 303 g/mol. The maximum absolute atomic E-state index is 6.13. The molecule has 0 aliphatic carbocycles. The molecule has 7 heteroatoms. The van der Waals surface area contributed by atoms with Crippen molar-refractivity contribution in [3.8, 4) is 0 Å². The Labute approximate surface area is 123 Å². The van der Waals surface area contributed by atoms with Gasteiger partial charge in [-0.05, 0) is 38.9 Å². The lowest BCUT2D eigenvalue weighted by Gasteiger charge is -2.22. The topological polar surface area (TPSA) is 66.2 Å². The summed E-state index contributed by atoms with van der Waals surface area (Å²) in [4.78, 5) is 6.71. The third-order valence-electron chi connectivity index (χ3n) is 3.18. The Balaban J connectivity index is 2.01. The first-order valence-corrected chi connectivity index (χ1v) is 7.17. The molecular formula is C12H19Cl2N5. The van der Waals surface area contributed by atoms with E-state index >= 15 is 0 Å². The van der Waals surface area contributed by atoms with Gasteiger partial charge in [-0.15, -0.1) is 0 Å². The van der Waals surface area contributed by atoms with E-state index in [1.165, 1.54) is 25.9 Å². The number of hydrogen-bond acceptors (Lipinski definition) is 5. The summed E-state index contributed by atoms with van der Waals surface area (Å²) < 4.78 is 0. The van der Waals surface area contributed by atoms with Crippen molar-refractivity contribution < 1.29 is 0 Å². The van der Waals surface area contributed by atoms with Crippen molar-refractivity contribution in [2.75, 3.05) is 30.4 Å². The number of anilines is 2. The fourth-order valence-electron chi connectivity index (χ4n) is 2.30. The SMILES string of the molecule is CC(CN1CCCC1)Nc1nc(NN)c(Cl)cc1Cl. The Morgan fingerprint density at radius 1 is 1.32 bits per heavy atom. The predicted octanol–water partition coefficient (Wildman–Crippen LogP) is 2.57. The fraction of sp³-hybridized carbons (Fsp3) is 0.583. The third kappa shape index (κ3) is 3.86. The molecule has 0 bridgehead atoms. The molecule has 0 amide bonds. The quantitative estimate of drug-likeness (QED) is 0.576. The highest BCUT2D eigenvalue weighted by atomic mass is 35.5. The number of pyridine rings is 1. The van der Waals surface area contributed by atoms with Gasteiger partial charge in [-0.25, -0.2) is 10.8 Å². The summed E-state index contributed by atoms with van der Waals surface area (Å²) in [6.45, 7) is 5.43. The molecule has 1 aromatic heterocycles. The summed E-state index contributed by atoms with van der Waals surface area (Å²) in [5.41, 5.74) is 2.46. The zero-order valence-corrected chi connectivity index (χ0v) is 12.4. The fourth-order valence-corrected chi connectivity index (χ4v) is 2.77. The minimum absolute atomic E-state index is 0.259. The first kappa shape index (κ1) is 14.7. The number of halogens is 2. The van der Waals surface area contributed by atoms with E-state index in [0.717, 1.165) is 6.54 Å². The van der Waals surface area contributed by atoms with Gasteiger partial charge >= 0.3 is 0 Å². The largest absolute Gasteiger partial charge is 0.365 e. The standard InChI is InChI=1S/C12H19Cl2N5/c1-8(7-19-4-2-3-5-19)16-11-9(13)6-10(14)12(17-11)18-15/h6,8H,2-5,7,15H2,1H3,(H2,16,17,18). The van der Waals surface area contributed by atoms with Gasteiger partial charge < -0.3 is 15.6 Å². The summed E-state index contributed by atoms with van der Waals surface area (Å²) in [5, 5.41) is 4.21. The Bertz CT molecular complexity index is 434. The molecule has 4 N–H and O–H groups in total. The van der Waals surface area contributed by atoms with Gasteiger partial charge in [0.25, 0.3) is 0 Å². The van der Waals surface area contributed by atoms with E-state index in [-0.39, 0.29) is 6.04 Å². The van der Waals surface area contributed by atoms with Crippen LogP contribution in [0.3, 0.4) is 0 Å². The van der Waals surface area contributed by atoms with Crippen LogP contribution in [0.1, 0.15) is 19.8 Å².